The molecule has 576 valence electrons. The van der Waals surface area contributed by atoms with E-state index in [-0.39, 0.29) is 0 Å². The van der Waals surface area contributed by atoms with Crippen molar-refractivity contribution in [2.75, 3.05) is 0 Å². The van der Waals surface area contributed by atoms with Crippen LogP contribution in [0.1, 0.15) is 66.8 Å². The van der Waals surface area contributed by atoms with E-state index in [2.05, 4.69) is 490 Å². The quantitative estimate of drug-likeness (QED) is 0.126. The second kappa shape index (κ2) is 38.1. The predicted octanol–water partition coefficient (Wildman–Crippen LogP) is 33.4. The molecule has 19 rings (SSSR count). The Balaban J connectivity index is 0.000000117. The van der Waals surface area contributed by atoms with Crippen molar-refractivity contribution in [3.8, 4) is 100 Å². The lowest BCUT2D eigenvalue weighted by Gasteiger charge is -2.21. The maximum Gasteiger partial charge on any atom is -0.00240 e. The molecular weight excluding hydrogens is 1420 g/mol. The van der Waals surface area contributed by atoms with Gasteiger partial charge in [-0.15, -0.1) is 0 Å². The van der Waals surface area contributed by atoms with E-state index in [0.717, 1.165) is 0 Å². The first-order valence-electron chi connectivity index (χ1n) is 41.3. The van der Waals surface area contributed by atoms with Crippen molar-refractivity contribution >= 4 is 43.1 Å². The molecule has 0 spiro atoms. The molecule has 19 aromatic carbocycles. The molecule has 19 aromatic rings. The Labute approximate surface area is 700 Å². The Hall–Kier alpha value is -13.8. The van der Waals surface area contributed by atoms with E-state index in [1.165, 1.54) is 210 Å². The van der Waals surface area contributed by atoms with Crippen molar-refractivity contribution in [3.05, 3.63) is 479 Å². The molecule has 0 bridgehead atoms. The maximum absolute atomic E-state index is 2.33. The molecule has 0 heterocycles. The van der Waals surface area contributed by atoms with Crippen LogP contribution < -0.4 is 0 Å². The van der Waals surface area contributed by atoms with E-state index < -0.39 is 0 Å². The van der Waals surface area contributed by atoms with Crippen molar-refractivity contribution in [2.24, 2.45) is 0 Å². The van der Waals surface area contributed by atoms with Crippen LogP contribution in [0.15, 0.2) is 413 Å². The Kier molecular flexibility index (Phi) is 26.1. The van der Waals surface area contributed by atoms with Gasteiger partial charge in [0, 0.05) is 0 Å². The summed E-state index contributed by atoms with van der Waals surface area (Å²) in [6.45, 7) is 26.1. The van der Waals surface area contributed by atoms with E-state index in [0.29, 0.717) is 0 Å². The molecule has 0 nitrogen and oxygen atoms in total. The predicted molar refractivity (Wildman–Crippen MR) is 514 cm³/mol. The van der Waals surface area contributed by atoms with Crippen molar-refractivity contribution < 1.29 is 0 Å². The zero-order valence-corrected chi connectivity index (χ0v) is 70.3. The van der Waals surface area contributed by atoms with Crippen LogP contribution in [0.3, 0.4) is 0 Å². The van der Waals surface area contributed by atoms with Gasteiger partial charge in [0.05, 0.1) is 0 Å². The van der Waals surface area contributed by atoms with Crippen LogP contribution in [-0.4, -0.2) is 0 Å². The molecule has 0 atom stereocenters. The highest BCUT2D eigenvalue weighted by Crippen LogP contribution is 2.44. The molecule has 0 saturated heterocycles. The molecule has 0 aliphatic rings. The third-order valence-electron chi connectivity index (χ3n) is 23.3. The smallest absolute Gasteiger partial charge is 0.00240 e. The highest BCUT2D eigenvalue weighted by molar-refractivity contribution is 6.13. The summed E-state index contributed by atoms with van der Waals surface area (Å²) in [6.07, 6.45) is 0. The van der Waals surface area contributed by atoms with E-state index in [1.54, 1.807) is 0 Å². The molecule has 0 radical (unpaired) electrons. The van der Waals surface area contributed by atoms with Gasteiger partial charge in [-0.25, -0.2) is 0 Å². The van der Waals surface area contributed by atoms with Gasteiger partial charge in [-0.05, 0) is 311 Å². The maximum atomic E-state index is 2.33. The van der Waals surface area contributed by atoms with Crippen molar-refractivity contribution in [3.63, 3.8) is 0 Å². The first kappa shape index (κ1) is 80.8. The lowest BCUT2D eigenvalue weighted by molar-refractivity contribution is 1.34. The molecule has 0 amide bonds. The third-order valence-corrected chi connectivity index (χ3v) is 23.3. The molecule has 0 heteroatoms. The van der Waals surface area contributed by atoms with Gasteiger partial charge in [-0.1, -0.05) is 394 Å². The number of aryl methyl sites for hydroxylation is 10. The fourth-order valence-electron chi connectivity index (χ4n) is 15.7. The second-order valence-corrected chi connectivity index (χ2v) is 31.3. The fourth-order valence-corrected chi connectivity index (χ4v) is 15.7. The number of rotatable bonds is 9. The lowest BCUT2D eigenvalue weighted by Crippen LogP contribution is -1.96. The normalized spacial score (nSPS) is 10.7. The number of hydrogen-bond acceptors (Lipinski definition) is 0. The minimum Gasteiger partial charge on any atom is -0.0622 e. The summed E-state index contributed by atoms with van der Waals surface area (Å²) in [5, 5.41) is 10.5. The Morgan fingerprint density at radius 3 is 0.949 bits per heavy atom. The summed E-state index contributed by atoms with van der Waals surface area (Å²) in [5.74, 6) is 0. The van der Waals surface area contributed by atoms with Gasteiger partial charge >= 0.3 is 0 Å². The first-order valence-corrected chi connectivity index (χ1v) is 41.3. The SMILES string of the molecule is Cc1cc(-c2ccccc2)c(-c2ccccc2)c(-c2ccccc2)c1C.Cc1cc(-c2ccccc2)cc(-c2ccccc2)c1C.Cc1ccc(-c2c3ccccc3cc3ccccc23)cc1C.Cc1ccc(-c2ccc3ccccc3c2)cc1C.Cc1ccc(-c2cccc3ccccc23)cc1C.Cc1ccc(-c2ccccc2)cc1C. The van der Waals surface area contributed by atoms with Crippen molar-refractivity contribution in [1.82, 2.24) is 0 Å². The molecule has 118 heavy (non-hydrogen) atoms. The standard InChI is InChI=1S/C26H22.C22H18.C20H18.2C18H16.C14H14/c1-19-18-24(21-12-6-3-7-13-21)26(23-16-10-5-11-17-23)25(20(19)2)22-14-8-4-9-15-22;1-15-11-12-19(13-16(15)2)22-20-9-5-3-7-17(20)14-18-8-4-6-10-21(18)22;1-15-13-19(17-9-5-3-6-10-17)14-20(16(15)2)18-11-7-4-8-12-18;1-13-10-11-16(12-14(13)2)18-9-5-7-15-6-3-4-8-17(15)18;1-13-7-8-17(11-14(13)2)18-10-9-15-5-3-4-6-16(15)12-18;1-11-8-9-14(10-12(11)2)13-6-4-3-5-7-13/h3-18H,1-2H3;3-14H,1-2H3;3-14H,1-2H3;2*3-12H,1-2H3;3-10H,1-2H3. The van der Waals surface area contributed by atoms with Gasteiger partial charge in [0.15, 0.2) is 0 Å². The largest absolute Gasteiger partial charge is 0.0622 e. The van der Waals surface area contributed by atoms with E-state index in [4.69, 9.17) is 0 Å². The molecule has 0 aliphatic carbocycles. The topological polar surface area (TPSA) is 0 Å². The molecule has 0 N–H and O–H groups in total. The highest BCUT2D eigenvalue weighted by Gasteiger charge is 2.19. The monoisotopic (exact) mass is 1520 g/mol. The Morgan fingerprint density at radius 2 is 0.449 bits per heavy atom. The van der Waals surface area contributed by atoms with Crippen LogP contribution >= 0.6 is 0 Å². The molecule has 0 unspecified atom stereocenters. The lowest BCUT2D eigenvalue weighted by atomic mass is 9.83. The molecule has 0 fully saturated rings. The highest BCUT2D eigenvalue weighted by atomic mass is 14.2. The molecule has 0 aliphatic heterocycles. The van der Waals surface area contributed by atoms with Gasteiger partial charge in [0.2, 0.25) is 0 Å². The van der Waals surface area contributed by atoms with Gasteiger partial charge in [0.1, 0.15) is 0 Å². The van der Waals surface area contributed by atoms with Crippen LogP contribution in [-0.2, 0) is 0 Å². The molecule has 0 aromatic heterocycles. The zero-order valence-electron chi connectivity index (χ0n) is 70.3. The average molecular weight is 1520 g/mol. The molecule has 0 saturated carbocycles. The number of benzene rings is 19. The van der Waals surface area contributed by atoms with Crippen LogP contribution in [0.25, 0.3) is 143 Å². The number of hydrogen-bond donors (Lipinski definition) is 0. The summed E-state index contributed by atoms with van der Waals surface area (Å²) in [7, 11) is 0. The first-order chi connectivity index (χ1) is 57.5. The summed E-state index contributed by atoms with van der Waals surface area (Å²) >= 11 is 0. The minimum absolute atomic E-state index is 1.26. The summed E-state index contributed by atoms with van der Waals surface area (Å²) in [5.41, 5.74) is 39.4. The number of fused-ring (bicyclic) bond motifs is 4. The summed E-state index contributed by atoms with van der Waals surface area (Å²) < 4.78 is 0. The summed E-state index contributed by atoms with van der Waals surface area (Å²) in [6, 6.07) is 147. The van der Waals surface area contributed by atoms with E-state index >= 15 is 0 Å². The fraction of sp³-hybridized carbons (Fsp3) is 0.102. The van der Waals surface area contributed by atoms with Gasteiger partial charge in [-0.2, -0.15) is 0 Å². The van der Waals surface area contributed by atoms with Gasteiger partial charge in [0.25, 0.3) is 0 Å². The Bertz CT molecular complexity index is 6560. The summed E-state index contributed by atoms with van der Waals surface area (Å²) in [4.78, 5) is 0. The van der Waals surface area contributed by atoms with Crippen LogP contribution in [0.4, 0.5) is 0 Å². The average Bonchev–Trinajstić information content (AvgIpc) is 0.765. The third kappa shape index (κ3) is 19.3. The van der Waals surface area contributed by atoms with Crippen LogP contribution in [0.5, 0.6) is 0 Å². The van der Waals surface area contributed by atoms with Crippen molar-refractivity contribution in [1.29, 1.82) is 0 Å². The van der Waals surface area contributed by atoms with Gasteiger partial charge in [-0.3, -0.25) is 0 Å². The Morgan fingerprint density at radius 1 is 0.119 bits per heavy atom. The zero-order chi connectivity index (χ0) is 82.0. The van der Waals surface area contributed by atoms with Crippen LogP contribution in [0.2, 0.25) is 0 Å². The van der Waals surface area contributed by atoms with E-state index in [1.807, 2.05) is 6.07 Å². The van der Waals surface area contributed by atoms with Crippen molar-refractivity contribution in [2.45, 2.75) is 83.1 Å². The van der Waals surface area contributed by atoms with Crippen LogP contribution in [0, 0.1) is 83.1 Å². The van der Waals surface area contributed by atoms with E-state index in [9.17, 15) is 0 Å². The second-order valence-electron chi connectivity index (χ2n) is 31.3. The minimum atomic E-state index is 1.26. The van der Waals surface area contributed by atoms with Gasteiger partial charge < -0.3 is 0 Å². The molecular formula is C118H104.